The average Bonchev–Trinajstić information content (AvgIpc) is 3.08. The normalized spacial score (nSPS) is 11.2. The third-order valence-corrected chi connectivity index (χ3v) is 5.01. The van der Waals surface area contributed by atoms with Gasteiger partial charge < -0.3 is 4.42 Å². The predicted octanol–water partition coefficient (Wildman–Crippen LogP) is 4.16. The SMILES string of the molecule is Cc1nnc(CSc2nc3ccccc3c(=O)n2-c2ccc(F)c(Cl)c2)o1. The molecule has 0 spiro atoms. The fourth-order valence-electron chi connectivity index (χ4n) is 2.58. The van der Waals surface area contributed by atoms with Gasteiger partial charge in [0.1, 0.15) is 5.82 Å². The van der Waals surface area contributed by atoms with E-state index in [0.29, 0.717) is 39.3 Å². The summed E-state index contributed by atoms with van der Waals surface area (Å²) in [6, 6.07) is 11.1. The molecule has 136 valence electrons. The first-order valence-corrected chi connectivity index (χ1v) is 9.28. The van der Waals surface area contributed by atoms with E-state index in [0.717, 1.165) is 0 Å². The van der Waals surface area contributed by atoms with Crippen molar-refractivity contribution >= 4 is 34.3 Å². The number of fused-ring (bicyclic) bond motifs is 1. The van der Waals surface area contributed by atoms with Crippen molar-refractivity contribution in [1.29, 1.82) is 0 Å². The summed E-state index contributed by atoms with van der Waals surface area (Å²) in [6.07, 6.45) is 0. The van der Waals surface area contributed by atoms with Crippen molar-refractivity contribution in [3.63, 3.8) is 0 Å². The highest BCUT2D eigenvalue weighted by Gasteiger charge is 2.15. The largest absolute Gasteiger partial charge is 0.425 e. The zero-order chi connectivity index (χ0) is 19.0. The molecule has 9 heteroatoms. The molecule has 4 rings (SSSR count). The van der Waals surface area contributed by atoms with Gasteiger partial charge in [0.05, 0.1) is 27.4 Å². The molecule has 0 aliphatic rings. The minimum absolute atomic E-state index is 0.0731. The smallest absolute Gasteiger partial charge is 0.266 e. The Morgan fingerprint density at radius 1 is 1.22 bits per heavy atom. The fraction of sp³-hybridized carbons (Fsp3) is 0.111. The molecule has 0 radical (unpaired) electrons. The van der Waals surface area contributed by atoms with E-state index in [-0.39, 0.29) is 10.6 Å². The summed E-state index contributed by atoms with van der Waals surface area (Å²) in [5.74, 6) is 0.654. The first-order valence-electron chi connectivity index (χ1n) is 7.92. The first-order chi connectivity index (χ1) is 13.0. The lowest BCUT2D eigenvalue weighted by molar-refractivity contribution is 0.485. The third kappa shape index (κ3) is 3.45. The van der Waals surface area contributed by atoms with Crippen LogP contribution in [0.5, 0.6) is 0 Å². The van der Waals surface area contributed by atoms with E-state index in [9.17, 15) is 9.18 Å². The molecule has 0 saturated carbocycles. The fourth-order valence-corrected chi connectivity index (χ4v) is 3.61. The number of aromatic nitrogens is 4. The van der Waals surface area contributed by atoms with Gasteiger partial charge in [-0.25, -0.2) is 9.37 Å². The van der Waals surface area contributed by atoms with Gasteiger partial charge in [-0.3, -0.25) is 9.36 Å². The number of thioether (sulfide) groups is 1. The van der Waals surface area contributed by atoms with E-state index >= 15 is 0 Å². The standard InChI is InChI=1S/C18H12ClFN4O2S/c1-10-22-23-16(26-10)9-27-18-21-15-5-3-2-4-12(15)17(25)24(18)11-6-7-14(20)13(19)8-11/h2-8H,9H2,1H3. The van der Waals surface area contributed by atoms with Crippen LogP contribution in [0.4, 0.5) is 4.39 Å². The van der Waals surface area contributed by atoms with Crippen molar-refractivity contribution < 1.29 is 8.81 Å². The van der Waals surface area contributed by atoms with Gasteiger partial charge in [0, 0.05) is 6.92 Å². The van der Waals surface area contributed by atoms with Crippen LogP contribution in [0, 0.1) is 12.7 Å². The van der Waals surface area contributed by atoms with Crippen molar-refractivity contribution in [2.75, 3.05) is 0 Å². The molecule has 0 bridgehead atoms. The second-order valence-corrected chi connectivity index (χ2v) is 7.00. The van der Waals surface area contributed by atoms with Crippen LogP contribution in [-0.2, 0) is 5.75 Å². The van der Waals surface area contributed by atoms with Crippen LogP contribution < -0.4 is 5.56 Å². The monoisotopic (exact) mass is 402 g/mol. The summed E-state index contributed by atoms with van der Waals surface area (Å²) in [5, 5.41) is 8.54. The van der Waals surface area contributed by atoms with E-state index in [4.69, 9.17) is 16.0 Å². The van der Waals surface area contributed by atoms with Crippen LogP contribution in [0.1, 0.15) is 11.8 Å². The maximum absolute atomic E-state index is 13.6. The number of nitrogens with zero attached hydrogens (tertiary/aromatic N) is 4. The summed E-state index contributed by atoms with van der Waals surface area (Å²) in [7, 11) is 0. The predicted molar refractivity (Wildman–Crippen MR) is 101 cm³/mol. The Morgan fingerprint density at radius 2 is 2.04 bits per heavy atom. The Hall–Kier alpha value is -2.71. The Labute approximate surface area is 162 Å². The lowest BCUT2D eigenvalue weighted by Gasteiger charge is -2.13. The third-order valence-electron chi connectivity index (χ3n) is 3.80. The molecule has 0 fully saturated rings. The van der Waals surface area contributed by atoms with Crippen molar-refractivity contribution in [3.8, 4) is 5.69 Å². The minimum atomic E-state index is -0.558. The summed E-state index contributed by atoms with van der Waals surface area (Å²) < 4.78 is 20.4. The summed E-state index contributed by atoms with van der Waals surface area (Å²) >= 11 is 7.18. The number of para-hydroxylation sites is 1. The van der Waals surface area contributed by atoms with Gasteiger partial charge in [-0.05, 0) is 30.3 Å². The van der Waals surface area contributed by atoms with Crippen molar-refractivity contribution in [2.45, 2.75) is 17.8 Å². The summed E-state index contributed by atoms with van der Waals surface area (Å²) in [4.78, 5) is 17.7. The lowest BCUT2D eigenvalue weighted by Crippen LogP contribution is -2.21. The molecule has 27 heavy (non-hydrogen) atoms. The van der Waals surface area contributed by atoms with E-state index in [1.807, 2.05) is 6.07 Å². The van der Waals surface area contributed by atoms with E-state index < -0.39 is 5.82 Å². The van der Waals surface area contributed by atoms with Crippen LogP contribution in [0.2, 0.25) is 5.02 Å². The Balaban J connectivity index is 1.86. The lowest BCUT2D eigenvalue weighted by atomic mass is 10.2. The number of benzene rings is 2. The molecule has 4 aromatic rings. The maximum atomic E-state index is 13.6. The molecular formula is C18H12ClFN4O2S. The van der Waals surface area contributed by atoms with E-state index in [1.54, 1.807) is 25.1 Å². The van der Waals surface area contributed by atoms with Crippen LogP contribution in [-0.4, -0.2) is 19.7 Å². The average molecular weight is 403 g/mol. The van der Waals surface area contributed by atoms with Crippen LogP contribution in [0.25, 0.3) is 16.6 Å². The zero-order valence-electron chi connectivity index (χ0n) is 14.0. The van der Waals surface area contributed by atoms with Crippen LogP contribution in [0.15, 0.2) is 56.8 Å². The van der Waals surface area contributed by atoms with Crippen molar-refractivity contribution in [1.82, 2.24) is 19.7 Å². The Morgan fingerprint density at radius 3 is 2.78 bits per heavy atom. The van der Waals surface area contributed by atoms with Gasteiger partial charge in [0.2, 0.25) is 11.8 Å². The molecule has 0 N–H and O–H groups in total. The molecule has 0 atom stereocenters. The highest BCUT2D eigenvalue weighted by molar-refractivity contribution is 7.98. The number of hydrogen-bond donors (Lipinski definition) is 0. The number of halogens is 2. The van der Waals surface area contributed by atoms with E-state index in [2.05, 4.69) is 15.2 Å². The topological polar surface area (TPSA) is 73.8 Å². The van der Waals surface area contributed by atoms with Crippen LogP contribution >= 0.6 is 23.4 Å². The van der Waals surface area contributed by atoms with Gasteiger partial charge >= 0.3 is 0 Å². The van der Waals surface area contributed by atoms with Gasteiger partial charge in [-0.1, -0.05) is 35.5 Å². The molecule has 6 nitrogen and oxygen atoms in total. The molecule has 2 aromatic carbocycles. The van der Waals surface area contributed by atoms with Gasteiger partial charge in [0.15, 0.2) is 5.16 Å². The van der Waals surface area contributed by atoms with Gasteiger partial charge in [-0.15, -0.1) is 10.2 Å². The van der Waals surface area contributed by atoms with Crippen LogP contribution in [0.3, 0.4) is 0 Å². The minimum Gasteiger partial charge on any atom is -0.425 e. The second kappa shape index (κ2) is 7.13. The quantitative estimate of drug-likeness (QED) is 0.377. The van der Waals surface area contributed by atoms with Gasteiger partial charge in [-0.2, -0.15) is 0 Å². The molecular weight excluding hydrogens is 391 g/mol. The molecule has 0 aliphatic heterocycles. The molecule has 0 unspecified atom stereocenters. The number of hydrogen-bond acceptors (Lipinski definition) is 6. The number of rotatable bonds is 4. The highest BCUT2D eigenvalue weighted by Crippen LogP contribution is 2.26. The summed E-state index contributed by atoms with van der Waals surface area (Å²) in [6.45, 7) is 1.70. The molecule has 0 amide bonds. The first kappa shape index (κ1) is 17.7. The molecule has 0 aliphatic carbocycles. The highest BCUT2D eigenvalue weighted by atomic mass is 35.5. The molecule has 0 saturated heterocycles. The Kier molecular flexibility index (Phi) is 4.67. The van der Waals surface area contributed by atoms with Crippen molar-refractivity contribution in [3.05, 3.63) is 75.4 Å². The molecule has 2 aromatic heterocycles. The van der Waals surface area contributed by atoms with E-state index in [1.165, 1.54) is 34.5 Å². The van der Waals surface area contributed by atoms with Gasteiger partial charge in [0.25, 0.3) is 5.56 Å². The maximum Gasteiger partial charge on any atom is 0.266 e. The molecule has 2 heterocycles. The second-order valence-electron chi connectivity index (χ2n) is 5.65. The van der Waals surface area contributed by atoms with Crippen molar-refractivity contribution in [2.24, 2.45) is 0 Å². The Bertz CT molecular complexity index is 1210. The number of aryl methyl sites for hydroxylation is 1. The summed E-state index contributed by atoms with van der Waals surface area (Å²) in [5.41, 5.74) is 0.720. The zero-order valence-corrected chi connectivity index (χ0v) is 15.6.